The molecule has 3 N–H and O–H groups in total. The maximum atomic E-state index is 9.78. The molecule has 0 radical (unpaired) electrons. The number of fused-ring (bicyclic) bond motifs is 2. The Morgan fingerprint density at radius 3 is 2.61 bits per heavy atom. The van der Waals surface area contributed by atoms with E-state index in [1.54, 1.807) is 6.07 Å². The normalized spacial score (nSPS) is 31.8. The molecule has 2 aliphatic rings. The summed E-state index contributed by atoms with van der Waals surface area (Å²) in [5.41, 5.74) is 6.68. The van der Waals surface area contributed by atoms with Crippen molar-refractivity contribution >= 4 is 5.82 Å². The second-order valence-electron chi connectivity index (χ2n) is 5.53. The number of hydrogen-bond donors (Lipinski definition) is 2. The molecule has 3 rings (SSSR count). The molecule has 98 valence electrons. The van der Waals surface area contributed by atoms with Crippen LogP contribution in [0.5, 0.6) is 0 Å². The Morgan fingerprint density at radius 2 is 2.00 bits per heavy atom. The molecular formula is C13H20N4O. The highest BCUT2D eigenvalue weighted by atomic mass is 16.3. The molecule has 0 spiro atoms. The Morgan fingerprint density at radius 1 is 1.33 bits per heavy atom. The predicted molar refractivity (Wildman–Crippen MR) is 68.8 cm³/mol. The van der Waals surface area contributed by atoms with Crippen LogP contribution in [0.1, 0.15) is 37.2 Å². The molecule has 0 aliphatic carbocycles. The van der Waals surface area contributed by atoms with Gasteiger partial charge in [0.25, 0.3) is 0 Å². The van der Waals surface area contributed by atoms with Crippen LogP contribution in [-0.4, -0.2) is 38.2 Å². The van der Waals surface area contributed by atoms with Crippen LogP contribution in [0.2, 0.25) is 0 Å². The molecule has 2 atom stereocenters. The Bertz CT molecular complexity index is 416. The third kappa shape index (κ3) is 2.20. The van der Waals surface area contributed by atoms with Crippen molar-refractivity contribution in [3.05, 3.63) is 17.6 Å². The van der Waals surface area contributed by atoms with Gasteiger partial charge in [0.15, 0.2) is 0 Å². The quantitative estimate of drug-likeness (QED) is 0.811. The predicted octanol–water partition coefficient (Wildman–Crippen LogP) is 0.855. The minimum Gasteiger partial charge on any atom is -0.393 e. The van der Waals surface area contributed by atoms with Gasteiger partial charge in [0.2, 0.25) is 0 Å². The molecule has 2 aliphatic heterocycles. The highest BCUT2D eigenvalue weighted by Gasteiger charge is 2.40. The van der Waals surface area contributed by atoms with Gasteiger partial charge in [0, 0.05) is 23.8 Å². The lowest BCUT2D eigenvalue weighted by molar-refractivity contribution is 0.0296. The van der Waals surface area contributed by atoms with E-state index in [-0.39, 0.29) is 6.10 Å². The van der Waals surface area contributed by atoms with E-state index in [0.717, 1.165) is 30.9 Å². The van der Waals surface area contributed by atoms with Crippen molar-refractivity contribution in [2.75, 3.05) is 5.73 Å². The number of aliphatic hydroxyl groups excluding tert-OH is 1. The number of hydrogen-bond acceptors (Lipinski definition) is 5. The number of aliphatic hydroxyl groups is 1. The Hall–Kier alpha value is -1.20. The number of anilines is 1. The summed E-state index contributed by atoms with van der Waals surface area (Å²) in [6.07, 6.45) is 4.02. The summed E-state index contributed by atoms with van der Waals surface area (Å²) < 4.78 is 0. The second kappa shape index (κ2) is 4.48. The molecule has 5 heteroatoms. The highest BCUT2D eigenvalue weighted by Crippen LogP contribution is 2.36. The third-order valence-corrected chi connectivity index (χ3v) is 4.10. The fourth-order valence-corrected chi connectivity index (χ4v) is 3.39. The van der Waals surface area contributed by atoms with Gasteiger partial charge in [-0.15, -0.1) is 0 Å². The maximum absolute atomic E-state index is 9.78. The first-order valence-corrected chi connectivity index (χ1v) is 6.65. The van der Waals surface area contributed by atoms with Crippen LogP contribution in [0.15, 0.2) is 6.07 Å². The van der Waals surface area contributed by atoms with Crippen LogP contribution < -0.4 is 5.73 Å². The van der Waals surface area contributed by atoms with E-state index in [2.05, 4.69) is 14.9 Å². The first kappa shape index (κ1) is 11.9. The summed E-state index contributed by atoms with van der Waals surface area (Å²) in [5.74, 6) is 1.35. The number of nitrogen functional groups attached to an aromatic ring is 1. The lowest BCUT2D eigenvalue weighted by atomic mass is 10.00. The van der Waals surface area contributed by atoms with Gasteiger partial charge >= 0.3 is 0 Å². The topological polar surface area (TPSA) is 75.3 Å². The van der Waals surface area contributed by atoms with Gasteiger partial charge in [-0.25, -0.2) is 9.97 Å². The molecule has 2 saturated heterocycles. The average molecular weight is 248 g/mol. The third-order valence-electron chi connectivity index (χ3n) is 4.10. The summed E-state index contributed by atoms with van der Waals surface area (Å²) in [6.45, 7) is 2.70. The van der Waals surface area contributed by atoms with Gasteiger partial charge in [-0.2, -0.15) is 0 Å². The van der Waals surface area contributed by atoms with E-state index in [1.165, 1.54) is 12.8 Å². The first-order valence-electron chi connectivity index (χ1n) is 6.65. The molecular weight excluding hydrogens is 228 g/mol. The first-order chi connectivity index (χ1) is 8.61. The Balaban J connectivity index is 1.77. The number of aromatic nitrogens is 2. The van der Waals surface area contributed by atoms with Crippen molar-refractivity contribution in [3.63, 3.8) is 0 Å². The standard InChI is InChI=1S/C13H20N4O/c1-8-4-12(14)16-13(15-8)7-17-9-2-3-10(17)6-11(18)5-9/h4,9-11,18H,2-3,5-7H2,1H3,(H2,14,15,16). The van der Waals surface area contributed by atoms with E-state index in [1.807, 2.05) is 6.92 Å². The lowest BCUT2D eigenvalue weighted by Gasteiger charge is -2.36. The van der Waals surface area contributed by atoms with E-state index in [0.29, 0.717) is 17.9 Å². The Kier molecular flexibility index (Phi) is 2.95. The largest absolute Gasteiger partial charge is 0.393 e. The van der Waals surface area contributed by atoms with Crippen LogP contribution >= 0.6 is 0 Å². The lowest BCUT2D eigenvalue weighted by Crippen LogP contribution is -2.44. The summed E-state index contributed by atoms with van der Waals surface area (Å²) in [6, 6.07) is 2.77. The van der Waals surface area contributed by atoms with Gasteiger partial charge in [0.05, 0.1) is 12.6 Å². The zero-order chi connectivity index (χ0) is 12.7. The van der Waals surface area contributed by atoms with Crippen LogP contribution in [0, 0.1) is 6.92 Å². The molecule has 1 aromatic rings. The van der Waals surface area contributed by atoms with Crippen LogP contribution in [0.3, 0.4) is 0 Å². The van der Waals surface area contributed by atoms with Crippen LogP contribution in [0.4, 0.5) is 5.82 Å². The number of rotatable bonds is 2. The van der Waals surface area contributed by atoms with Crippen LogP contribution in [0.25, 0.3) is 0 Å². The van der Waals surface area contributed by atoms with Crippen molar-refractivity contribution in [1.82, 2.24) is 14.9 Å². The zero-order valence-electron chi connectivity index (χ0n) is 10.7. The van der Waals surface area contributed by atoms with E-state index >= 15 is 0 Å². The van der Waals surface area contributed by atoms with Crippen molar-refractivity contribution in [2.45, 2.75) is 57.3 Å². The van der Waals surface area contributed by atoms with Gasteiger partial charge in [-0.1, -0.05) is 0 Å². The maximum Gasteiger partial charge on any atom is 0.144 e. The van der Waals surface area contributed by atoms with Gasteiger partial charge in [-0.3, -0.25) is 4.90 Å². The SMILES string of the molecule is Cc1cc(N)nc(CN2C3CCC2CC(O)C3)n1. The molecule has 0 aromatic carbocycles. The number of aryl methyl sites for hydroxylation is 1. The monoisotopic (exact) mass is 248 g/mol. The highest BCUT2D eigenvalue weighted by molar-refractivity contribution is 5.29. The summed E-state index contributed by atoms with van der Waals surface area (Å²) in [5, 5.41) is 9.78. The number of piperidine rings is 1. The Labute approximate surface area is 107 Å². The second-order valence-corrected chi connectivity index (χ2v) is 5.53. The fraction of sp³-hybridized carbons (Fsp3) is 0.692. The van der Waals surface area contributed by atoms with E-state index in [4.69, 9.17) is 5.73 Å². The summed E-state index contributed by atoms with van der Waals surface area (Å²) >= 11 is 0. The molecule has 2 unspecified atom stereocenters. The van der Waals surface area contributed by atoms with Gasteiger partial charge in [-0.05, 0) is 32.6 Å². The number of nitrogens with two attached hydrogens (primary N) is 1. The fourth-order valence-electron chi connectivity index (χ4n) is 3.39. The molecule has 0 amide bonds. The molecule has 3 heterocycles. The van der Waals surface area contributed by atoms with Crippen molar-refractivity contribution in [3.8, 4) is 0 Å². The van der Waals surface area contributed by atoms with Crippen molar-refractivity contribution in [2.24, 2.45) is 0 Å². The van der Waals surface area contributed by atoms with Gasteiger partial charge < -0.3 is 10.8 Å². The van der Waals surface area contributed by atoms with Gasteiger partial charge in [0.1, 0.15) is 11.6 Å². The van der Waals surface area contributed by atoms with Crippen molar-refractivity contribution in [1.29, 1.82) is 0 Å². The molecule has 18 heavy (non-hydrogen) atoms. The van der Waals surface area contributed by atoms with Crippen molar-refractivity contribution < 1.29 is 5.11 Å². The molecule has 0 saturated carbocycles. The number of nitrogens with zero attached hydrogens (tertiary/aromatic N) is 3. The summed E-state index contributed by atoms with van der Waals surface area (Å²) in [7, 11) is 0. The summed E-state index contributed by atoms with van der Waals surface area (Å²) in [4.78, 5) is 11.2. The molecule has 1 aromatic heterocycles. The van der Waals surface area contributed by atoms with Crippen LogP contribution in [-0.2, 0) is 6.54 Å². The smallest absolute Gasteiger partial charge is 0.144 e. The average Bonchev–Trinajstić information content (AvgIpc) is 2.53. The minimum absolute atomic E-state index is 0.123. The van der Waals surface area contributed by atoms with E-state index < -0.39 is 0 Å². The molecule has 2 fully saturated rings. The molecule has 2 bridgehead atoms. The van der Waals surface area contributed by atoms with E-state index in [9.17, 15) is 5.11 Å². The minimum atomic E-state index is -0.123. The molecule has 5 nitrogen and oxygen atoms in total. The zero-order valence-corrected chi connectivity index (χ0v) is 10.7.